The van der Waals surface area contributed by atoms with Gasteiger partial charge in [0, 0.05) is 31.6 Å². The van der Waals surface area contributed by atoms with E-state index in [1.54, 1.807) is 0 Å². The van der Waals surface area contributed by atoms with Gasteiger partial charge in [-0.1, -0.05) is 13.8 Å². The first-order chi connectivity index (χ1) is 9.08. The highest BCUT2D eigenvalue weighted by Gasteiger charge is 2.27. The molecule has 0 bridgehead atoms. The molecular weight excluding hydrogens is 244 g/mol. The molecule has 0 aromatic carbocycles. The highest BCUT2D eigenvalue weighted by molar-refractivity contribution is 5.81. The van der Waals surface area contributed by atoms with Gasteiger partial charge < -0.3 is 20.6 Å². The van der Waals surface area contributed by atoms with E-state index in [1.807, 2.05) is 25.7 Å². The van der Waals surface area contributed by atoms with Crippen LogP contribution in [-0.2, 0) is 4.79 Å². The number of aliphatic hydroxyl groups is 1. The lowest BCUT2D eigenvalue weighted by atomic mass is 10.2. The van der Waals surface area contributed by atoms with Crippen LogP contribution < -0.4 is 10.6 Å². The van der Waals surface area contributed by atoms with Crippen LogP contribution in [0.4, 0.5) is 0 Å². The predicted molar refractivity (Wildman–Crippen MR) is 76.0 cm³/mol. The normalized spacial score (nSPS) is 19.9. The number of carbonyl (C=O) groups is 1. The highest BCUT2D eigenvalue weighted by atomic mass is 16.3. The van der Waals surface area contributed by atoms with E-state index < -0.39 is 0 Å². The molecule has 0 aromatic rings. The number of rotatable bonds is 5. The molecule has 0 saturated carbocycles. The number of carbonyl (C=O) groups excluding carboxylic acids is 1. The first-order valence-corrected chi connectivity index (χ1v) is 7.03. The summed E-state index contributed by atoms with van der Waals surface area (Å²) in [6, 6.07) is 0.235. The maximum atomic E-state index is 11.9. The standard InChI is InChI=1S/C13H26N4O2/c1-4-14-13(15-6-8-18)16-11-5-7-17(9-11)12(19)10(2)3/h10-11,18H,4-9H2,1-3H3,(H2,14,15,16). The number of nitrogens with one attached hydrogen (secondary N) is 2. The van der Waals surface area contributed by atoms with E-state index in [4.69, 9.17) is 5.11 Å². The average Bonchev–Trinajstić information content (AvgIpc) is 2.83. The Kier molecular flexibility index (Phi) is 6.62. The van der Waals surface area contributed by atoms with E-state index in [0.717, 1.165) is 26.1 Å². The number of nitrogens with zero attached hydrogens (tertiary/aromatic N) is 2. The number of hydrogen-bond donors (Lipinski definition) is 3. The van der Waals surface area contributed by atoms with E-state index >= 15 is 0 Å². The Labute approximate surface area is 115 Å². The largest absolute Gasteiger partial charge is 0.394 e. The minimum Gasteiger partial charge on any atom is -0.394 e. The molecule has 0 aliphatic carbocycles. The molecule has 1 aliphatic rings. The molecule has 1 unspecified atom stereocenters. The molecule has 1 rings (SSSR count). The fraction of sp³-hybridized carbons (Fsp3) is 0.846. The van der Waals surface area contributed by atoms with Crippen LogP contribution in [0.1, 0.15) is 27.2 Å². The van der Waals surface area contributed by atoms with Gasteiger partial charge in [-0.15, -0.1) is 0 Å². The lowest BCUT2D eigenvalue weighted by Gasteiger charge is -2.20. The molecule has 1 aliphatic heterocycles. The first-order valence-electron chi connectivity index (χ1n) is 7.03. The number of likely N-dealkylation sites (tertiary alicyclic amines) is 1. The smallest absolute Gasteiger partial charge is 0.225 e. The second-order valence-corrected chi connectivity index (χ2v) is 5.05. The predicted octanol–water partition coefficient (Wildman–Crippen LogP) is -0.209. The van der Waals surface area contributed by atoms with E-state index in [1.165, 1.54) is 0 Å². The number of aliphatic imine (C=N–C) groups is 1. The summed E-state index contributed by atoms with van der Waals surface area (Å²) in [5.41, 5.74) is 0. The van der Waals surface area contributed by atoms with E-state index in [9.17, 15) is 4.79 Å². The molecule has 3 N–H and O–H groups in total. The van der Waals surface area contributed by atoms with Gasteiger partial charge in [-0.2, -0.15) is 0 Å². The lowest BCUT2D eigenvalue weighted by Crippen LogP contribution is -2.45. The molecule has 6 nitrogen and oxygen atoms in total. The van der Waals surface area contributed by atoms with Gasteiger partial charge in [0.05, 0.1) is 13.2 Å². The summed E-state index contributed by atoms with van der Waals surface area (Å²) in [7, 11) is 0. The molecule has 0 radical (unpaired) electrons. The topological polar surface area (TPSA) is 77.0 Å². The summed E-state index contributed by atoms with van der Waals surface area (Å²) in [6.07, 6.45) is 0.933. The number of aliphatic hydroxyl groups excluding tert-OH is 1. The first kappa shape index (κ1) is 15.8. The third kappa shape index (κ3) is 5.06. The van der Waals surface area contributed by atoms with Crippen LogP contribution in [0.2, 0.25) is 0 Å². The number of hydrogen-bond acceptors (Lipinski definition) is 3. The van der Waals surface area contributed by atoms with Gasteiger partial charge in [0.25, 0.3) is 0 Å². The molecular formula is C13H26N4O2. The van der Waals surface area contributed by atoms with Crippen LogP contribution in [0.3, 0.4) is 0 Å². The Morgan fingerprint density at radius 1 is 1.53 bits per heavy atom. The van der Waals surface area contributed by atoms with Crippen molar-refractivity contribution in [1.82, 2.24) is 15.5 Å². The van der Waals surface area contributed by atoms with Crippen LogP contribution in [0.15, 0.2) is 4.99 Å². The van der Waals surface area contributed by atoms with Gasteiger partial charge >= 0.3 is 0 Å². The lowest BCUT2D eigenvalue weighted by molar-refractivity contribution is -0.133. The van der Waals surface area contributed by atoms with Crippen molar-refractivity contribution < 1.29 is 9.90 Å². The molecule has 110 valence electrons. The van der Waals surface area contributed by atoms with Gasteiger partial charge in [0.15, 0.2) is 5.96 Å². The van der Waals surface area contributed by atoms with E-state index in [-0.39, 0.29) is 24.5 Å². The summed E-state index contributed by atoms with van der Waals surface area (Å²) in [5, 5.41) is 15.2. The average molecular weight is 270 g/mol. The molecule has 19 heavy (non-hydrogen) atoms. The number of guanidine groups is 1. The van der Waals surface area contributed by atoms with Gasteiger partial charge in [0.1, 0.15) is 0 Å². The molecule has 1 atom stereocenters. The Bertz CT molecular complexity index is 318. The Hall–Kier alpha value is -1.30. The van der Waals surface area contributed by atoms with Crippen molar-refractivity contribution in [2.75, 3.05) is 32.8 Å². The maximum Gasteiger partial charge on any atom is 0.225 e. The van der Waals surface area contributed by atoms with Crippen LogP contribution in [0, 0.1) is 5.92 Å². The SMILES string of the molecule is CCNC(=NCCO)NC1CCN(C(=O)C(C)C)C1. The van der Waals surface area contributed by atoms with Gasteiger partial charge in [-0.3, -0.25) is 9.79 Å². The van der Waals surface area contributed by atoms with Gasteiger partial charge in [0.2, 0.25) is 5.91 Å². The third-order valence-corrected chi connectivity index (χ3v) is 3.05. The minimum absolute atomic E-state index is 0.0409. The van der Waals surface area contributed by atoms with Crippen molar-refractivity contribution in [3.63, 3.8) is 0 Å². The maximum absolute atomic E-state index is 11.9. The zero-order chi connectivity index (χ0) is 14.3. The van der Waals surface area contributed by atoms with Crippen molar-refractivity contribution in [3.05, 3.63) is 0 Å². The Morgan fingerprint density at radius 2 is 2.26 bits per heavy atom. The summed E-state index contributed by atoms with van der Waals surface area (Å²) < 4.78 is 0. The minimum atomic E-state index is 0.0409. The molecule has 1 heterocycles. The van der Waals surface area contributed by atoms with Crippen molar-refractivity contribution >= 4 is 11.9 Å². The molecule has 0 aromatic heterocycles. The fourth-order valence-corrected chi connectivity index (χ4v) is 2.12. The summed E-state index contributed by atoms with van der Waals surface area (Å²) in [6.45, 7) is 8.58. The van der Waals surface area contributed by atoms with Crippen molar-refractivity contribution in [3.8, 4) is 0 Å². The molecule has 1 saturated heterocycles. The zero-order valence-electron chi connectivity index (χ0n) is 12.1. The van der Waals surface area contributed by atoms with Crippen molar-refractivity contribution in [2.45, 2.75) is 33.2 Å². The van der Waals surface area contributed by atoms with Crippen molar-refractivity contribution in [1.29, 1.82) is 0 Å². The second kappa shape index (κ2) is 7.99. The quantitative estimate of drug-likeness (QED) is 0.477. The summed E-state index contributed by atoms with van der Waals surface area (Å²) in [5.74, 6) is 0.969. The highest BCUT2D eigenvalue weighted by Crippen LogP contribution is 2.12. The second-order valence-electron chi connectivity index (χ2n) is 5.05. The fourth-order valence-electron chi connectivity index (χ4n) is 2.12. The van der Waals surface area contributed by atoms with Crippen LogP contribution in [0.5, 0.6) is 0 Å². The molecule has 1 fully saturated rings. The summed E-state index contributed by atoms with van der Waals surface area (Å²) >= 11 is 0. The summed E-state index contributed by atoms with van der Waals surface area (Å²) in [4.78, 5) is 18.0. The monoisotopic (exact) mass is 270 g/mol. The van der Waals surface area contributed by atoms with Crippen LogP contribution in [-0.4, -0.2) is 60.7 Å². The Balaban J connectivity index is 2.47. The van der Waals surface area contributed by atoms with Gasteiger partial charge in [-0.25, -0.2) is 0 Å². The molecule has 0 spiro atoms. The third-order valence-electron chi connectivity index (χ3n) is 3.05. The van der Waals surface area contributed by atoms with E-state index in [0.29, 0.717) is 12.5 Å². The van der Waals surface area contributed by atoms with Gasteiger partial charge in [-0.05, 0) is 13.3 Å². The van der Waals surface area contributed by atoms with E-state index in [2.05, 4.69) is 15.6 Å². The zero-order valence-corrected chi connectivity index (χ0v) is 12.1. The van der Waals surface area contributed by atoms with Crippen molar-refractivity contribution in [2.24, 2.45) is 10.9 Å². The Morgan fingerprint density at radius 3 is 2.84 bits per heavy atom. The molecule has 1 amide bonds. The van der Waals surface area contributed by atoms with Crippen LogP contribution >= 0.6 is 0 Å². The molecule has 6 heteroatoms. The number of amides is 1. The van der Waals surface area contributed by atoms with Crippen LogP contribution in [0.25, 0.3) is 0 Å².